The molecule has 3 N–H and O–H groups in total. The summed E-state index contributed by atoms with van der Waals surface area (Å²) >= 11 is 2.50. The molecule has 1 aromatic carbocycles. The normalized spacial score (nSPS) is 11.1. The summed E-state index contributed by atoms with van der Waals surface area (Å²) in [5.74, 6) is -0.630. The molecule has 1 heterocycles. The van der Waals surface area contributed by atoms with Crippen molar-refractivity contribution >= 4 is 40.2 Å². The fourth-order valence-corrected chi connectivity index (χ4v) is 3.33. The quantitative estimate of drug-likeness (QED) is 0.649. The molecule has 0 spiro atoms. The molecule has 1 aromatic heterocycles. The monoisotopic (exact) mass is 397 g/mol. The van der Waals surface area contributed by atoms with Crippen LogP contribution in [0.2, 0.25) is 0 Å². The van der Waals surface area contributed by atoms with E-state index in [4.69, 9.17) is 0 Å². The van der Waals surface area contributed by atoms with Gasteiger partial charge in [0.15, 0.2) is 4.34 Å². The van der Waals surface area contributed by atoms with Gasteiger partial charge in [-0.3, -0.25) is 10.1 Å². The van der Waals surface area contributed by atoms with E-state index in [1.807, 2.05) is 20.8 Å². The van der Waals surface area contributed by atoms with Crippen LogP contribution >= 0.6 is 23.1 Å². The summed E-state index contributed by atoms with van der Waals surface area (Å²) in [6.45, 7) is 5.97. The number of rotatable bonds is 6. The lowest BCUT2D eigenvalue weighted by Crippen LogP contribution is -2.48. The topological polar surface area (TPSA) is 96.0 Å². The number of urea groups is 1. The Morgan fingerprint density at radius 3 is 2.54 bits per heavy atom. The summed E-state index contributed by atoms with van der Waals surface area (Å²) in [6, 6.07) is 5.64. The molecule has 0 aliphatic heterocycles. The number of nitrogens with zero attached hydrogens (tertiary/aromatic N) is 2. The molecule has 0 saturated heterocycles. The van der Waals surface area contributed by atoms with Crippen LogP contribution in [0.3, 0.4) is 0 Å². The SMILES string of the molecule is CC(C)(C)NC(=O)NC(=O)CSc1nnc(NCc2ccc(F)cc2)s1. The van der Waals surface area contributed by atoms with E-state index in [0.29, 0.717) is 16.0 Å². The molecule has 0 bridgehead atoms. The van der Waals surface area contributed by atoms with Gasteiger partial charge < -0.3 is 10.6 Å². The lowest BCUT2D eigenvalue weighted by molar-refractivity contribution is -0.117. The number of imide groups is 1. The van der Waals surface area contributed by atoms with Crippen LogP contribution in [-0.2, 0) is 11.3 Å². The summed E-state index contributed by atoms with van der Waals surface area (Å²) in [6.07, 6.45) is 0. The smallest absolute Gasteiger partial charge is 0.321 e. The van der Waals surface area contributed by atoms with E-state index in [9.17, 15) is 14.0 Å². The zero-order chi connectivity index (χ0) is 19.2. The van der Waals surface area contributed by atoms with Crippen LogP contribution in [0.15, 0.2) is 28.6 Å². The summed E-state index contributed by atoms with van der Waals surface area (Å²) in [5.41, 5.74) is 0.502. The Hall–Kier alpha value is -2.20. The molecule has 26 heavy (non-hydrogen) atoms. The average Bonchev–Trinajstić information content (AvgIpc) is 2.98. The van der Waals surface area contributed by atoms with Crippen molar-refractivity contribution in [3.05, 3.63) is 35.6 Å². The predicted molar refractivity (Wildman–Crippen MR) is 101 cm³/mol. The lowest BCUT2D eigenvalue weighted by Gasteiger charge is -2.20. The molecule has 3 amide bonds. The van der Waals surface area contributed by atoms with Gasteiger partial charge in [-0.2, -0.15) is 0 Å². The van der Waals surface area contributed by atoms with E-state index in [0.717, 1.165) is 5.56 Å². The molecule has 0 fully saturated rings. The van der Waals surface area contributed by atoms with E-state index < -0.39 is 17.5 Å². The molecule has 2 aromatic rings. The number of halogens is 1. The molecule has 2 rings (SSSR count). The molecular formula is C16H20FN5O2S2. The van der Waals surface area contributed by atoms with E-state index in [1.165, 1.54) is 35.2 Å². The van der Waals surface area contributed by atoms with Crippen molar-refractivity contribution in [3.63, 3.8) is 0 Å². The maximum Gasteiger partial charge on any atom is 0.321 e. The molecule has 10 heteroatoms. The van der Waals surface area contributed by atoms with E-state index in [-0.39, 0.29) is 11.6 Å². The van der Waals surface area contributed by atoms with Gasteiger partial charge >= 0.3 is 6.03 Å². The molecule has 0 aliphatic rings. The highest BCUT2D eigenvalue weighted by Gasteiger charge is 2.16. The van der Waals surface area contributed by atoms with Gasteiger partial charge in [0.1, 0.15) is 5.82 Å². The van der Waals surface area contributed by atoms with E-state index in [1.54, 1.807) is 12.1 Å². The van der Waals surface area contributed by atoms with E-state index in [2.05, 4.69) is 26.1 Å². The molecule has 7 nitrogen and oxygen atoms in total. The first-order valence-corrected chi connectivity index (χ1v) is 9.58. The Morgan fingerprint density at radius 2 is 1.88 bits per heavy atom. The van der Waals surface area contributed by atoms with Gasteiger partial charge in [-0.05, 0) is 38.5 Å². The highest BCUT2D eigenvalue weighted by molar-refractivity contribution is 8.01. The van der Waals surface area contributed by atoms with Crippen LogP contribution in [0.25, 0.3) is 0 Å². The molecular weight excluding hydrogens is 377 g/mol. The van der Waals surface area contributed by atoms with Crippen molar-refractivity contribution in [2.75, 3.05) is 11.1 Å². The van der Waals surface area contributed by atoms with Crippen LogP contribution in [-0.4, -0.2) is 33.4 Å². The van der Waals surface area contributed by atoms with Crippen molar-refractivity contribution < 1.29 is 14.0 Å². The van der Waals surface area contributed by atoms with Gasteiger partial charge in [-0.1, -0.05) is 35.2 Å². The molecule has 0 atom stereocenters. The lowest BCUT2D eigenvalue weighted by atomic mass is 10.1. The number of hydrogen-bond donors (Lipinski definition) is 3. The predicted octanol–water partition coefficient (Wildman–Crippen LogP) is 3.01. The van der Waals surface area contributed by atoms with Crippen LogP contribution < -0.4 is 16.0 Å². The molecule has 0 radical (unpaired) electrons. The Labute approximate surface area is 159 Å². The Morgan fingerprint density at radius 1 is 1.19 bits per heavy atom. The summed E-state index contributed by atoms with van der Waals surface area (Å²) in [7, 11) is 0. The average molecular weight is 398 g/mol. The minimum atomic E-state index is -0.526. The number of nitrogens with one attached hydrogen (secondary N) is 3. The van der Waals surface area contributed by atoms with E-state index >= 15 is 0 Å². The van der Waals surface area contributed by atoms with Crippen molar-refractivity contribution in [1.29, 1.82) is 0 Å². The van der Waals surface area contributed by atoms with Crippen LogP contribution in [0.4, 0.5) is 14.3 Å². The molecule has 0 saturated carbocycles. The molecule has 0 aliphatic carbocycles. The second kappa shape index (κ2) is 8.95. The number of benzene rings is 1. The minimum Gasteiger partial charge on any atom is -0.356 e. The van der Waals surface area contributed by atoms with Gasteiger partial charge in [-0.15, -0.1) is 10.2 Å². The Kier molecular flexibility index (Phi) is 6.92. The van der Waals surface area contributed by atoms with Crippen molar-refractivity contribution in [1.82, 2.24) is 20.8 Å². The highest BCUT2D eigenvalue weighted by atomic mass is 32.2. The number of thioether (sulfide) groups is 1. The summed E-state index contributed by atoms with van der Waals surface area (Å²) in [4.78, 5) is 23.4. The van der Waals surface area contributed by atoms with Gasteiger partial charge in [-0.25, -0.2) is 9.18 Å². The second-order valence-corrected chi connectivity index (χ2v) is 8.59. The van der Waals surface area contributed by atoms with Crippen molar-refractivity contribution in [2.24, 2.45) is 0 Å². The summed E-state index contributed by atoms with van der Waals surface area (Å²) in [5, 5.41) is 16.6. The third-order valence-corrected chi connectivity index (χ3v) is 4.85. The number of carbonyl (C=O) groups excluding carboxylic acids is 2. The number of amides is 3. The molecule has 0 unspecified atom stereocenters. The van der Waals surface area contributed by atoms with Gasteiger partial charge in [0.25, 0.3) is 0 Å². The second-order valence-electron chi connectivity index (χ2n) is 6.39. The summed E-state index contributed by atoms with van der Waals surface area (Å²) < 4.78 is 13.5. The number of carbonyl (C=O) groups is 2. The maximum atomic E-state index is 12.9. The fourth-order valence-electron chi connectivity index (χ4n) is 1.78. The first-order chi connectivity index (χ1) is 12.2. The van der Waals surface area contributed by atoms with Crippen LogP contribution in [0.5, 0.6) is 0 Å². The first kappa shape index (κ1) is 20.1. The number of aromatic nitrogens is 2. The zero-order valence-corrected chi connectivity index (χ0v) is 16.3. The van der Waals surface area contributed by atoms with Gasteiger partial charge in [0, 0.05) is 12.1 Å². The zero-order valence-electron chi connectivity index (χ0n) is 14.6. The van der Waals surface area contributed by atoms with Gasteiger partial charge in [0.2, 0.25) is 11.0 Å². The van der Waals surface area contributed by atoms with Gasteiger partial charge in [0.05, 0.1) is 5.75 Å². The highest BCUT2D eigenvalue weighted by Crippen LogP contribution is 2.25. The molecule has 140 valence electrons. The minimum absolute atomic E-state index is 0.0597. The number of anilines is 1. The Bertz CT molecular complexity index is 759. The third-order valence-electron chi connectivity index (χ3n) is 2.83. The van der Waals surface area contributed by atoms with Crippen molar-refractivity contribution in [2.45, 2.75) is 37.2 Å². The van der Waals surface area contributed by atoms with Crippen LogP contribution in [0.1, 0.15) is 26.3 Å². The number of hydrogen-bond acceptors (Lipinski definition) is 7. The largest absolute Gasteiger partial charge is 0.356 e. The third kappa shape index (κ3) is 7.36. The van der Waals surface area contributed by atoms with Crippen LogP contribution in [0, 0.1) is 5.82 Å². The maximum absolute atomic E-state index is 12.9. The van der Waals surface area contributed by atoms with Crippen molar-refractivity contribution in [3.8, 4) is 0 Å². The first-order valence-electron chi connectivity index (χ1n) is 7.78. The Balaban J connectivity index is 1.74. The standard InChI is InChI=1S/C16H20FN5O2S2/c1-16(2,3)20-13(24)19-12(23)9-25-15-22-21-14(26-15)18-8-10-4-6-11(17)7-5-10/h4-7H,8-9H2,1-3H3,(H,18,21)(H2,19,20,23,24). The fraction of sp³-hybridized carbons (Fsp3) is 0.375.